The smallest absolute Gasteiger partial charge is 0.191 e. The molecule has 1 aromatic rings. The predicted octanol–water partition coefficient (Wildman–Crippen LogP) is 3.23. The molecule has 1 aliphatic rings. The first-order valence-corrected chi connectivity index (χ1v) is 8.53. The molecule has 0 atom stereocenters. The number of aliphatic imine (C=N–C) groups is 1. The monoisotopic (exact) mass is 339 g/mol. The minimum Gasteiger partial charge on any atom is -0.385 e. The van der Waals surface area contributed by atoms with Crippen molar-refractivity contribution in [2.24, 2.45) is 10.4 Å². The number of ether oxygens (including phenoxy) is 1. The van der Waals surface area contributed by atoms with E-state index in [-0.39, 0.29) is 17.5 Å². The summed E-state index contributed by atoms with van der Waals surface area (Å²) in [6.07, 6.45) is 4.63. The van der Waals surface area contributed by atoms with Crippen molar-refractivity contribution in [1.29, 1.82) is 0 Å². The second-order valence-electron chi connectivity index (χ2n) is 6.38. The van der Waals surface area contributed by atoms with E-state index in [1.54, 1.807) is 7.11 Å². The molecule has 2 rings (SSSR count). The number of guanidine groups is 1. The molecule has 0 amide bonds. The van der Waals surface area contributed by atoms with Gasteiger partial charge in [0.2, 0.25) is 0 Å². The van der Waals surface area contributed by atoms with Crippen molar-refractivity contribution < 1.29 is 13.5 Å². The van der Waals surface area contributed by atoms with Crippen LogP contribution in [0, 0.1) is 17.0 Å². The molecular weight excluding hydrogens is 312 g/mol. The molecule has 0 heterocycles. The standard InChI is InChI=1S/C18H27F2N3O/c1-3-21-17(22-12-14-11-15(19)5-6-16(14)20)23-13-18(7-4-8-18)9-10-24-2/h5-6,11H,3-4,7-10,12-13H2,1-2H3,(H2,21,22,23). The highest BCUT2D eigenvalue weighted by atomic mass is 19.1. The van der Waals surface area contributed by atoms with E-state index in [0.717, 1.165) is 31.7 Å². The Kier molecular flexibility index (Phi) is 6.97. The van der Waals surface area contributed by atoms with Crippen LogP contribution in [0.15, 0.2) is 23.2 Å². The molecule has 6 heteroatoms. The van der Waals surface area contributed by atoms with Gasteiger partial charge in [-0.15, -0.1) is 0 Å². The van der Waals surface area contributed by atoms with Crippen molar-refractivity contribution in [1.82, 2.24) is 10.6 Å². The van der Waals surface area contributed by atoms with Crippen LogP contribution in [0.25, 0.3) is 0 Å². The molecule has 4 nitrogen and oxygen atoms in total. The summed E-state index contributed by atoms with van der Waals surface area (Å²) in [7, 11) is 1.72. The number of rotatable bonds is 8. The zero-order chi connectivity index (χ0) is 17.4. The summed E-state index contributed by atoms with van der Waals surface area (Å²) in [5.41, 5.74) is 0.515. The van der Waals surface area contributed by atoms with Gasteiger partial charge in [-0.1, -0.05) is 6.42 Å². The van der Waals surface area contributed by atoms with E-state index in [1.807, 2.05) is 6.92 Å². The maximum atomic E-state index is 13.7. The largest absolute Gasteiger partial charge is 0.385 e. The van der Waals surface area contributed by atoms with Gasteiger partial charge < -0.3 is 15.4 Å². The van der Waals surface area contributed by atoms with Crippen LogP contribution in [-0.4, -0.2) is 32.8 Å². The molecular formula is C18H27F2N3O. The molecule has 0 spiro atoms. The lowest BCUT2D eigenvalue weighted by molar-refractivity contribution is 0.0732. The first-order chi connectivity index (χ1) is 11.6. The van der Waals surface area contributed by atoms with E-state index >= 15 is 0 Å². The third-order valence-electron chi connectivity index (χ3n) is 4.64. The minimum atomic E-state index is -0.451. The fourth-order valence-electron chi connectivity index (χ4n) is 2.95. The van der Waals surface area contributed by atoms with Gasteiger partial charge in [0.15, 0.2) is 5.96 Å². The highest BCUT2D eigenvalue weighted by molar-refractivity contribution is 5.79. The van der Waals surface area contributed by atoms with Crippen molar-refractivity contribution >= 4 is 5.96 Å². The van der Waals surface area contributed by atoms with E-state index in [9.17, 15) is 8.78 Å². The molecule has 2 N–H and O–H groups in total. The molecule has 0 unspecified atom stereocenters. The van der Waals surface area contributed by atoms with Gasteiger partial charge in [0, 0.05) is 32.4 Å². The second-order valence-corrected chi connectivity index (χ2v) is 6.38. The van der Waals surface area contributed by atoms with Gasteiger partial charge in [-0.05, 0) is 49.8 Å². The lowest BCUT2D eigenvalue weighted by Gasteiger charge is -2.42. The lowest BCUT2D eigenvalue weighted by Crippen LogP contribution is -2.47. The Morgan fingerprint density at radius 2 is 2.08 bits per heavy atom. The molecule has 1 aromatic carbocycles. The van der Waals surface area contributed by atoms with Gasteiger partial charge >= 0.3 is 0 Å². The van der Waals surface area contributed by atoms with Crippen LogP contribution < -0.4 is 10.6 Å². The minimum absolute atomic E-state index is 0.101. The fraction of sp³-hybridized carbons (Fsp3) is 0.611. The van der Waals surface area contributed by atoms with Crippen molar-refractivity contribution in [2.75, 3.05) is 26.8 Å². The topological polar surface area (TPSA) is 45.7 Å². The van der Waals surface area contributed by atoms with Gasteiger partial charge in [-0.2, -0.15) is 0 Å². The Morgan fingerprint density at radius 1 is 1.29 bits per heavy atom. The summed E-state index contributed by atoms with van der Waals surface area (Å²) in [5.74, 6) is -0.260. The molecule has 134 valence electrons. The SMILES string of the molecule is CCNC(=NCc1cc(F)ccc1F)NCC1(CCOC)CCC1. The van der Waals surface area contributed by atoms with Crippen LogP contribution in [0.4, 0.5) is 8.78 Å². The van der Waals surface area contributed by atoms with E-state index in [0.29, 0.717) is 12.5 Å². The summed E-state index contributed by atoms with van der Waals surface area (Å²) in [5, 5.41) is 6.50. The highest BCUT2D eigenvalue weighted by Crippen LogP contribution is 2.43. The van der Waals surface area contributed by atoms with Crippen LogP contribution in [0.1, 0.15) is 38.2 Å². The average Bonchev–Trinajstić information content (AvgIpc) is 2.54. The van der Waals surface area contributed by atoms with Gasteiger partial charge in [-0.25, -0.2) is 13.8 Å². The van der Waals surface area contributed by atoms with E-state index in [2.05, 4.69) is 15.6 Å². The molecule has 0 aromatic heterocycles. The van der Waals surface area contributed by atoms with Gasteiger partial charge in [0.25, 0.3) is 0 Å². The molecule has 0 aliphatic heterocycles. The molecule has 1 fully saturated rings. The van der Waals surface area contributed by atoms with Crippen LogP contribution in [-0.2, 0) is 11.3 Å². The summed E-state index contributed by atoms with van der Waals surface area (Å²) >= 11 is 0. The summed E-state index contributed by atoms with van der Waals surface area (Å²) in [4.78, 5) is 4.38. The molecule has 0 bridgehead atoms. The lowest BCUT2D eigenvalue weighted by atomic mass is 9.67. The molecule has 0 radical (unpaired) electrons. The number of hydrogen-bond acceptors (Lipinski definition) is 2. The van der Waals surface area contributed by atoms with Gasteiger partial charge in [-0.3, -0.25) is 0 Å². The Bertz CT molecular complexity index is 559. The van der Waals surface area contributed by atoms with Crippen molar-refractivity contribution in [3.63, 3.8) is 0 Å². The first kappa shape index (κ1) is 18.6. The van der Waals surface area contributed by atoms with Crippen LogP contribution in [0.2, 0.25) is 0 Å². The van der Waals surface area contributed by atoms with E-state index in [1.165, 1.54) is 25.3 Å². The summed E-state index contributed by atoms with van der Waals surface area (Å²) < 4.78 is 32.1. The highest BCUT2D eigenvalue weighted by Gasteiger charge is 2.36. The van der Waals surface area contributed by atoms with Crippen molar-refractivity contribution in [2.45, 2.75) is 39.2 Å². The van der Waals surface area contributed by atoms with E-state index < -0.39 is 11.6 Å². The Labute approximate surface area is 142 Å². The Hall–Kier alpha value is -1.69. The normalized spacial score (nSPS) is 16.6. The van der Waals surface area contributed by atoms with Crippen LogP contribution >= 0.6 is 0 Å². The molecule has 0 saturated heterocycles. The third kappa shape index (κ3) is 5.16. The summed E-state index contributed by atoms with van der Waals surface area (Å²) in [6.45, 7) is 4.36. The average molecular weight is 339 g/mol. The molecule has 24 heavy (non-hydrogen) atoms. The predicted molar refractivity (Wildman–Crippen MR) is 92.0 cm³/mol. The molecule has 1 saturated carbocycles. The maximum absolute atomic E-state index is 13.7. The van der Waals surface area contributed by atoms with Crippen LogP contribution in [0.3, 0.4) is 0 Å². The maximum Gasteiger partial charge on any atom is 0.191 e. The van der Waals surface area contributed by atoms with Gasteiger partial charge in [0.1, 0.15) is 11.6 Å². The number of methoxy groups -OCH3 is 1. The Morgan fingerprint density at radius 3 is 2.71 bits per heavy atom. The number of nitrogens with one attached hydrogen (secondary N) is 2. The quantitative estimate of drug-likeness (QED) is 0.565. The fourth-order valence-corrected chi connectivity index (χ4v) is 2.95. The van der Waals surface area contributed by atoms with Crippen LogP contribution in [0.5, 0.6) is 0 Å². The number of benzene rings is 1. The zero-order valence-electron chi connectivity index (χ0n) is 14.5. The summed E-state index contributed by atoms with van der Waals surface area (Å²) in [6, 6.07) is 3.44. The van der Waals surface area contributed by atoms with E-state index in [4.69, 9.17) is 4.74 Å². The zero-order valence-corrected chi connectivity index (χ0v) is 14.5. The second kappa shape index (κ2) is 8.97. The Balaban J connectivity index is 1.96. The van der Waals surface area contributed by atoms with Gasteiger partial charge in [0.05, 0.1) is 6.54 Å². The number of hydrogen-bond donors (Lipinski definition) is 2. The molecule has 1 aliphatic carbocycles. The first-order valence-electron chi connectivity index (χ1n) is 8.53. The third-order valence-corrected chi connectivity index (χ3v) is 4.64. The van der Waals surface area contributed by atoms with Crippen molar-refractivity contribution in [3.05, 3.63) is 35.4 Å². The van der Waals surface area contributed by atoms with Crippen molar-refractivity contribution in [3.8, 4) is 0 Å². The number of halogens is 2. The number of nitrogens with zero attached hydrogens (tertiary/aromatic N) is 1.